The van der Waals surface area contributed by atoms with Gasteiger partial charge in [-0.25, -0.2) is 4.85 Å². The molecule has 0 aliphatic heterocycles. The number of aromatic nitrogens is 1. The highest BCUT2D eigenvalue weighted by Gasteiger charge is 2.16. The molecule has 2 rings (SSSR count). The molecule has 1 aromatic carbocycles. The number of hydrogen-bond donors (Lipinski definition) is 2. The van der Waals surface area contributed by atoms with Crippen LogP contribution >= 0.6 is 0 Å². The fourth-order valence-corrected chi connectivity index (χ4v) is 2.71. The number of nitrogens with zero attached hydrogens (tertiary/aromatic N) is 1. The monoisotopic (exact) mass is 353 g/mol. The number of nitrogens with one attached hydrogen (secondary N) is 2. The molecule has 6 nitrogen and oxygen atoms in total. The maximum atomic E-state index is 12.7. The SMILES string of the molecule is [C-]#[N+]c1cc(OC(C)C)c(C)c(C(=O)NCc2c(C)cc(C)[nH]c2=O)c1. The van der Waals surface area contributed by atoms with Gasteiger partial charge in [-0.2, -0.15) is 0 Å². The molecule has 2 N–H and O–H groups in total. The normalized spacial score (nSPS) is 10.5. The van der Waals surface area contributed by atoms with Crippen molar-refractivity contribution in [2.45, 2.75) is 47.3 Å². The molecule has 6 heteroatoms. The van der Waals surface area contributed by atoms with Crippen LogP contribution in [0.15, 0.2) is 23.0 Å². The molecule has 0 bridgehead atoms. The Morgan fingerprint density at radius 2 is 1.96 bits per heavy atom. The minimum atomic E-state index is -0.346. The first-order chi connectivity index (χ1) is 12.2. The van der Waals surface area contributed by atoms with Gasteiger partial charge in [0.2, 0.25) is 0 Å². The summed E-state index contributed by atoms with van der Waals surface area (Å²) in [5.41, 5.74) is 3.27. The van der Waals surface area contributed by atoms with Crippen LogP contribution in [0, 0.1) is 27.3 Å². The van der Waals surface area contributed by atoms with Crippen LogP contribution in [0.1, 0.15) is 46.6 Å². The molecule has 0 unspecified atom stereocenters. The standard InChI is InChI=1S/C20H23N3O3/c1-11(2)26-18-9-15(21-6)8-16(14(18)5)19(24)22-10-17-12(3)7-13(4)23-20(17)25/h7-9,11H,10H2,1-5H3,(H,22,24)(H,23,25). The van der Waals surface area contributed by atoms with E-state index in [2.05, 4.69) is 15.1 Å². The molecule has 0 saturated carbocycles. The lowest BCUT2D eigenvalue weighted by molar-refractivity contribution is 0.0949. The number of H-pyrrole nitrogens is 1. The van der Waals surface area contributed by atoms with E-state index in [1.165, 1.54) is 6.07 Å². The third-order valence-corrected chi connectivity index (χ3v) is 4.00. The minimum Gasteiger partial charge on any atom is -0.492 e. The van der Waals surface area contributed by atoms with Crippen LogP contribution in [0.3, 0.4) is 0 Å². The Bertz CT molecular complexity index is 937. The molecule has 0 atom stereocenters. The van der Waals surface area contributed by atoms with Gasteiger partial charge in [0.05, 0.1) is 12.7 Å². The quantitative estimate of drug-likeness (QED) is 0.807. The number of carbonyl (C=O) groups excluding carboxylic acids is 1. The van der Waals surface area contributed by atoms with Crippen LogP contribution in [0.25, 0.3) is 4.85 Å². The van der Waals surface area contributed by atoms with Crippen molar-refractivity contribution in [1.82, 2.24) is 10.3 Å². The number of rotatable bonds is 5. The summed E-state index contributed by atoms with van der Waals surface area (Å²) >= 11 is 0. The third kappa shape index (κ3) is 4.31. The van der Waals surface area contributed by atoms with Crippen molar-refractivity contribution < 1.29 is 9.53 Å². The Hall–Kier alpha value is -3.07. The number of aromatic amines is 1. The number of aryl methyl sites for hydroxylation is 2. The first kappa shape index (κ1) is 19.3. The fraction of sp³-hybridized carbons (Fsp3) is 0.350. The summed E-state index contributed by atoms with van der Waals surface area (Å²) in [5, 5.41) is 2.77. The Morgan fingerprint density at radius 1 is 1.27 bits per heavy atom. The maximum Gasteiger partial charge on any atom is 0.253 e. The predicted octanol–water partition coefficient (Wildman–Crippen LogP) is 3.57. The molecule has 0 saturated heterocycles. The molecule has 136 valence electrons. The Labute approximate surface area is 153 Å². The van der Waals surface area contributed by atoms with Crippen molar-refractivity contribution in [2.24, 2.45) is 0 Å². The minimum absolute atomic E-state index is 0.0700. The molecule has 0 spiro atoms. The maximum absolute atomic E-state index is 12.7. The molecule has 0 fully saturated rings. The number of amides is 1. The number of hydrogen-bond acceptors (Lipinski definition) is 3. The average Bonchev–Trinajstić information content (AvgIpc) is 2.55. The molecule has 0 aliphatic carbocycles. The molecule has 26 heavy (non-hydrogen) atoms. The van der Waals surface area contributed by atoms with Crippen molar-refractivity contribution in [3.63, 3.8) is 0 Å². The topological polar surface area (TPSA) is 75.5 Å². The van der Waals surface area contributed by atoms with Crippen molar-refractivity contribution in [2.75, 3.05) is 0 Å². The van der Waals surface area contributed by atoms with Crippen molar-refractivity contribution in [3.8, 4) is 5.75 Å². The summed E-state index contributed by atoms with van der Waals surface area (Å²) in [6.45, 7) is 16.5. The van der Waals surface area contributed by atoms with Crippen LogP contribution in [0.2, 0.25) is 0 Å². The lowest BCUT2D eigenvalue weighted by Crippen LogP contribution is -2.28. The van der Waals surface area contributed by atoms with E-state index in [0.717, 1.165) is 11.3 Å². The highest BCUT2D eigenvalue weighted by molar-refractivity contribution is 5.97. The Balaban J connectivity index is 2.30. The van der Waals surface area contributed by atoms with Crippen LogP contribution < -0.4 is 15.6 Å². The first-order valence-electron chi connectivity index (χ1n) is 8.39. The first-order valence-corrected chi connectivity index (χ1v) is 8.39. The Kier molecular flexibility index (Phi) is 5.83. The van der Waals surface area contributed by atoms with Gasteiger partial charge in [-0.1, -0.05) is 0 Å². The zero-order valence-electron chi connectivity index (χ0n) is 15.7. The van der Waals surface area contributed by atoms with Gasteiger partial charge in [0.25, 0.3) is 11.5 Å². The molecule has 2 aromatic rings. The van der Waals surface area contributed by atoms with E-state index in [1.807, 2.05) is 33.8 Å². The zero-order chi connectivity index (χ0) is 19.4. The smallest absolute Gasteiger partial charge is 0.253 e. The van der Waals surface area contributed by atoms with Gasteiger partial charge >= 0.3 is 0 Å². The molecule has 1 aromatic heterocycles. The van der Waals surface area contributed by atoms with E-state index in [0.29, 0.717) is 28.1 Å². The lowest BCUT2D eigenvalue weighted by atomic mass is 10.0. The van der Waals surface area contributed by atoms with Crippen LogP contribution in [0.5, 0.6) is 5.75 Å². The highest BCUT2D eigenvalue weighted by atomic mass is 16.5. The summed E-state index contributed by atoms with van der Waals surface area (Å²) in [7, 11) is 0. The van der Waals surface area contributed by atoms with E-state index >= 15 is 0 Å². The van der Waals surface area contributed by atoms with E-state index in [-0.39, 0.29) is 24.1 Å². The van der Waals surface area contributed by atoms with E-state index in [1.54, 1.807) is 13.0 Å². The van der Waals surface area contributed by atoms with Gasteiger partial charge < -0.3 is 15.0 Å². The lowest BCUT2D eigenvalue weighted by Gasteiger charge is -2.16. The number of pyridine rings is 1. The zero-order valence-corrected chi connectivity index (χ0v) is 15.7. The van der Waals surface area contributed by atoms with E-state index < -0.39 is 0 Å². The second kappa shape index (κ2) is 7.87. The van der Waals surface area contributed by atoms with Gasteiger partial charge in [-0.15, -0.1) is 0 Å². The van der Waals surface area contributed by atoms with Crippen molar-refractivity contribution in [3.05, 3.63) is 67.9 Å². The molecular formula is C20H23N3O3. The molecule has 1 amide bonds. The average molecular weight is 353 g/mol. The molecule has 0 radical (unpaired) electrons. The van der Waals surface area contributed by atoms with Gasteiger partial charge in [0.15, 0.2) is 5.69 Å². The Morgan fingerprint density at radius 3 is 2.54 bits per heavy atom. The largest absolute Gasteiger partial charge is 0.492 e. The van der Waals surface area contributed by atoms with Gasteiger partial charge in [-0.05, 0) is 58.4 Å². The number of ether oxygens (including phenoxy) is 1. The van der Waals surface area contributed by atoms with Gasteiger partial charge in [0, 0.05) is 28.9 Å². The second-order valence-corrected chi connectivity index (χ2v) is 6.52. The van der Waals surface area contributed by atoms with Gasteiger partial charge in [-0.3, -0.25) is 9.59 Å². The second-order valence-electron chi connectivity index (χ2n) is 6.52. The highest BCUT2D eigenvalue weighted by Crippen LogP contribution is 2.29. The predicted molar refractivity (Wildman–Crippen MR) is 101 cm³/mol. The molecule has 0 aliphatic rings. The van der Waals surface area contributed by atoms with Gasteiger partial charge in [0.1, 0.15) is 5.75 Å². The van der Waals surface area contributed by atoms with Crippen LogP contribution in [-0.2, 0) is 6.54 Å². The summed E-state index contributed by atoms with van der Waals surface area (Å²) in [5.74, 6) is 0.170. The van der Waals surface area contributed by atoms with Crippen LogP contribution in [-0.4, -0.2) is 17.0 Å². The number of carbonyl (C=O) groups is 1. The van der Waals surface area contributed by atoms with Crippen molar-refractivity contribution in [1.29, 1.82) is 0 Å². The van der Waals surface area contributed by atoms with Crippen LogP contribution in [0.4, 0.5) is 5.69 Å². The fourth-order valence-electron chi connectivity index (χ4n) is 2.71. The summed E-state index contributed by atoms with van der Waals surface area (Å²) < 4.78 is 5.71. The summed E-state index contributed by atoms with van der Waals surface area (Å²) in [4.78, 5) is 30.9. The molecular weight excluding hydrogens is 330 g/mol. The van der Waals surface area contributed by atoms with E-state index in [4.69, 9.17) is 11.3 Å². The number of benzene rings is 1. The van der Waals surface area contributed by atoms with Crippen molar-refractivity contribution >= 4 is 11.6 Å². The summed E-state index contributed by atoms with van der Waals surface area (Å²) in [6, 6.07) is 5.04. The molecule has 1 heterocycles. The summed E-state index contributed by atoms with van der Waals surface area (Å²) in [6.07, 6.45) is -0.0700. The third-order valence-electron chi connectivity index (χ3n) is 4.00. The van der Waals surface area contributed by atoms with E-state index in [9.17, 15) is 9.59 Å².